The number of hydrogen-bond donors (Lipinski definition) is 2. The summed E-state index contributed by atoms with van der Waals surface area (Å²) >= 11 is 0. The summed E-state index contributed by atoms with van der Waals surface area (Å²) in [6.45, 7) is 5.10. The van der Waals surface area contributed by atoms with Gasteiger partial charge in [0.25, 0.3) is 5.91 Å². The van der Waals surface area contributed by atoms with Gasteiger partial charge in [-0.25, -0.2) is 0 Å². The van der Waals surface area contributed by atoms with Gasteiger partial charge in [-0.2, -0.15) is 0 Å². The molecule has 0 aliphatic heterocycles. The highest BCUT2D eigenvalue weighted by atomic mass is 16.1. The summed E-state index contributed by atoms with van der Waals surface area (Å²) in [5, 5.41) is 6.54. The van der Waals surface area contributed by atoms with Crippen molar-refractivity contribution < 1.29 is 4.79 Å². The summed E-state index contributed by atoms with van der Waals surface area (Å²) in [5.74, 6) is 0.779. The lowest BCUT2D eigenvalue weighted by Gasteiger charge is -2.13. The maximum absolute atomic E-state index is 12.3. The molecule has 3 nitrogen and oxygen atoms in total. The molecule has 120 valence electrons. The Labute approximate surface area is 138 Å². The van der Waals surface area contributed by atoms with Crippen molar-refractivity contribution >= 4 is 11.6 Å². The highest BCUT2D eigenvalue weighted by Crippen LogP contribution is 2.32. The van der Waals surface area contributed by atoms with Gasteiger partial charge in [-0.3, -0.25) is 4.79 Å². The lowest BCUT2D eigenvalue weighted by molar-refractivity contribution is 0.102. The fourth-order valence-corrected chi connectivity index (χ4v) is 2.71. The summed E-state index contributed by atoms with van der Waals surface area (Å²) in [4.78, 5) is 12.3. The molecule has 2 N–H and O–H groups in total. The first-order chi connectivity index (χ1) is 11.1. The summed E-state index contributed by atoms with van der Waals surface area (Å²) < 4.78 is 0. The highest BCUT2D eigenvalue weighted by Gasteiger charge is 2.27. The van der Waals surface area contributed by atoms with Crippen LogP contribution in [0.25, 0.3) is 0 Å². The Hall–Kier alpha value is -2.13. The average Bonchev–Trinajstić information content (AvgIpc) is 3.38. The van der Waals surface area contributed by atoms with Gasteiger partial charge in [0, 0.05) is 23.8 Å². The standard InChI is InChI=1S/C20H24N2O/c1-14-6-8-18(9-7-14)20(23)22-19-5-3-4-16(12-19)13-21-15(2)17-10-11-17/h3-9,12,15,17,21H,10-11,13H2,1-2H3,(H,22,23). The van der Waals surface area contributed by atoms with Crippen molar-refractivity contribution in [1.29, 1.82) is 0 Å². The second-order valence-corrected chi connectivity index (χ2v) is 6.53. The number of hydrogen-bond acceptors (Lipinski definition) is 2. The van der Waals surface area contributed by atoms with Crippen LogP contribution >= 0.6 is 0 Å². The molecule has 0 saturated heterocycles. The molecule has 23 heavy (non-hydrogen) atoms. The van der Waals surface area contributed by atoms with Crippen LogP contribution in [-0.2, 0) is 6.54 Å². The second-order valence-electron chi connectivity index (χ2n) is 6.53. The number of nitrogens with one attached hydrogen (secondary N) is 2. The molecule has 1 unspecified atom stereocenters. The lowest BCUT2D eigenvalue weighted by atomic mass is 10.1. The number of carbonyl (C=O) groups is 1. The summed E-state index contributed by atoms with van der Waals surface area (Å²) in [6.07, 6.45) is 2.70. The molecule has 0 spiro atoms. The van der Waals surface area contributed by atoms with Gasteiger partial charge in [0.15, 0.2) is 0 Å². The van der Waals surface area contributed by atoms with Crippen molar-refractivity contribution in [1.82, 2.24) is 5.32 Å². The molecule has 0 bridgehead atoms. The average molecular weight is 308 g/mol. The molecule has 1 atom stereocenters. The smallest absolute Gasteiger partial charge is 0.255 e. The van der Waals surface area contributed by atoms with E-state index in [4.69, 9.17) is 0 Å². The molecular weight excluding hydrogens is 284 g/mol. The Morgan fingerprint density at radius 2 is 1.91 bits per heavy atom. The number of amides is 1. The van der Waals surface area contributed by atoms with E-state index in [0.29, 0.717) is 11.6 Å². The Balaban J connectivity index is 1.60. The van der Waals surface area contributed by atoms with E-state index in [1.165, 1.54) is 18.4 Å². The monoisotopic (exact) mass is 308 g/mol. The van der Waals surface area contributed by atoms with Crippen molar-refractivity contribution in [2.75, 3.05) is 5.32 Å². The zero-order valence-electron chi connectivity index (χ0n) is 13.8. The van der Waals surface area contributed by atoms with Crippen molar-refractivity contribution in [3.05, 3.63) is 65.2 Å². The molecule has 1 saturated carbocycles. The van der Waals surface area contributed by atoms with Crippen LogP contribution < -0.4 is 10.6 Å². The van der Waals surface area contributed by atoms with Gasteiger partial charge in [0.2, 0.25) is 0 Å². The van der Waals surface area contributed by atoms with E-state index in [-0.39, 0.29) is 5.91 Å². The van der Waals surface area contributed by atoms with E-state index >= 15 is 0 Å². The zero-order chi connectivity index (χ0) is 16.2. The maximum Gasteiger partial charge on any atom is 0.255 e. The van der Waals surface area contributed by atoms with Crippen LogP contribution in [0.1, 0.15) is 41.3 Å². The first kappa shape index (κ1) is 15.8. The van der Waals surface area contributed by atoms with Gasteiger partial charge in [-0.05, 0) is 62.4 Å². The fourth-order valence-electron chi connectivity index (χ4n) is 2.71. The van der Waals surface area contributed by atoms with E-state index in [9.17, 15) is 4.79 Å². The molecule has 0 heterocycles. The minimum absolute atomic E-state index is 0.0681. The topological polar surface area (TPSA) is 41.1 Å². The predicted octanol–water partition coefficient (Wildman–Crippen LogP) is 4.14. The van der Waals surface area contributed by atoms with Crippen molar-refractivity contribution in [3.63, 3.8) is 0 Å². The van der Waals surface area contributed by atoms with Gasteiger partial charge in [0.1, 0.15) is 0 Å². The predicted molar refractivity (Wildman–Crippen MR) is 94.6 cm³/mol. The minimum atomic E-state index is -0.0681. The van der Waals surface area contributed by atoms with E-state index < -0.39 is 0 Å². The molecule has 1 amide bonds. The Morgan fingerprint density at radius 3 is 2.61 bits per heavy atom. The molecular formula is C20H24N2O. The molecule has 2 aromatic carbocycles. The molecule has 2 aromatic rings. The lowest BCUT2D eigenvalue weighted by Crippen LogP contribution is -2.27. The van der Waals surface area contributed by atoms with Gasteiger partial charge >= 0.3 is 0 Å². The Morgan fingerprint density at radius 1 is 1.17 bits per heavy atom. The van der Waals surface area contributed by atoms with E-state index in [0.717, 1.165) is 23.7 Å². The van der Waals surface area contributed by atoms with Crippen molar-refractivity contribution in [3.8, 4) is 0 Å². The minimum Gasteiger partial charge on any atom is -0.322 e. The number of benzene rings is 2. The zero-order valence-corrected chi connectivity index (χ0v) is 13.8. The van der Waals surface area contributed by atoms with Crippen LogP contribution in [0.3, 0.4) is 0 Å². The molecule has 1 aliphatic rings. The quantitative estimate of drug-likeness (QED) is 0.842. The third-order valence-corrected chi connectivity index (χ3v) is 4.46. The highest BCUT2D eigenvalue weighted by molar-refractivity contribution is 6.04. The molecule has 0 aromatic heterocycles. The number of rotatable bonds is 6. The normalized spacial score (nSPS) is 15.2. The summed E-state index contributed by atoms with van der Waals surface area (Å²) in [6, 6.07) is 16.2. The summed E-state index contributed by atoms with van der Waals surface area (Å²) in [7, 11) is 0. The van der Waals surface area contributed by atoms with Crippen LogP contribution in [0.4, 0.5) is 5.69 Å². The molecule has 1 fully saturated rings. The first-order valence-corrected chi connectivity index (χ1v) is 8.32. The van der Waals surface area contributed by atoms with Crippen LogP contribution in [0.5, 0.6) is 0 Å². The van der Waals surface area contributed by atoms with Crippen molar-refractivity contribution in [2.24, 2.45) is 5.92 Å². The first-order valence-electron chi connectivity index (χ1n) is 8.32. The van der Waals surface area contributed by atoms with Crippen LogP contribution in [0.2, 0.25) is 0 Å². The fraction of sp³-hybridized carbons (Fsp3) is 0.350. The second kappa shape index (κ2) is 6.97. The van der Waals surface area contributed by atoms with Gasteiger partial charge < -0.3 is 10.6 Å². The third kappa shape index (κ3) is 4.42. The van der Waals surface area contributed by atoms with Crippen LogP contribution in [0, 0.1) is 12.8 Å². The largest absolute Gasteiger partial charge is 0.322 e. The molecule has 1 aliphatic carbocycles. The maximum atomic E-state index is 12.3. The van der Waals surface area contributed by atoms with E-state index in [1.54, 1.807) is 0 Å². The summed E-state index contributed by atoms with van der Waals surface area (Å²) in [5.41, 5.74) is 3.87. The Bertz CT molecular complexity index is 674. The van der Waals surface area contributed by atoms with Crippen LogP contribution in [0.15, 0.2) is 48.5 Å². The van der Waals surface area contributed by atoms with Gasteiger partial charge in [0.05, 0.1) is 0 Å². The molecule has 3 rings (SSSR count). The molecule has 3 heteroatoms. The van der Waals surface area contributed by atoms with Crippen LogP contribution in [-0.4, -0.2) is 11.9 Å². The van der Waals surface area contributed by atoms with Gasteiger partial charge in [-0.1, -0.05) is 29.8 Å². The number of anilines is 1. The molecule has 0 radical (unpaired) electrons. The van der Waals surface area contributed by atoms with Gasteiger partial charge in [-0.15, -0.1) is 0 Å². The Kier molecular flexibility index (Phi) is 4.77. The van der Waals surface area contributed by atoms with Crippen molar-refractivity contribution in [2.45, 2.75) is 39.3 Å². The number of carbonyl (C=O) groups excluding carboxylic acids is 1. The third-order valence-electron chi connectivity index (χ3n) is 4.46. The number of aryl methyl sites for hydroxylation is 1. The SMILES string of the molecule is Cc1ccc(C(=O)Nc2cccc(CNC(C)C3CC3)c2)cc1. The van der Waals surface area contributed by atoms with E-state index in [2.05, 4.69) is 23.6 Å². The van der Waals surface area contributed by atoms with E-state index in [1.807, 2.05) is 49.4 Å².